The molecule has 3 unspecified atom stereocenters. The van der Waals surface area contributed by atoms with Crippen molar-refractivity contribution in [2.75, 3.05) is 13.2 Å². The van der Waals surface area contributed by atoms with Crippen molar-refractivity contribution >= 4 is 5.97 Å². The average Bonchev–Trinajstić information content (AvgIpc) is 2.60. The van der Waals surface area contributed by atoms with Gasteiger partial charge in [-0.15, -0.1) is 0 Å². The molecule has 124 valence electrons. The van der Waals surface area contributed by atoms with Gasteiger partial charge in [-0.25, -0.2) is 0 Å². The zero-order chi connectivity index (χ0) is 16.7. The molecule has 0 heterocycles. The van der Waals surface area contributed by atoms with Gasteiger partial charge >= 0.3 is 5.97 Å². The van der Waals surface area contributed by atoms with Crippen molar-refractivity contribution in [2.24, 2.45) is 11.8 Å². The molecule has 0 bridgehead atoms. The summed E-state index contributed by atoms with van der Waals surface area (Å²) in [4.78, 5) is 11.7. The third-order valence-corrected chi connectivity index (χ3v) is 4.56. The predicted molar refractivity (Wildman–Crippen MR) is 88.0 cm³/mol. The summed E-state index contributed by atoms with van der Waals surface area (Å²) in [5.74, 6) is 0.747. The quantitative estimate of drug-likeness (QED) is 0.743. The van der Waals surface area contributed by atoms with E-state index in [1.54, 1.807) is 6.92 Å². The van der Waals surface area contributed by atoms with Crippen LogP contribution in [0.15, 0.2) is 24.3 Å². The molecule has 0 saturated heterocycles. The van der Waals surface area contributed by atoms with Crippen LogP contribution in [0, 0.1) is 23.2 Å². The Balaban J connectivity index is 1.90. The minimum absolute atomic E-state index is 0.117. The summed E-state index contributed by atoms with van der Waals surface area (Å²) in [5, 5.41) is 9.20. The topological polar surface area (TPSA) is 59.3 Å². The van der Waals surface area contributed by atoms with Crippen molar-refractivity contribution in [3.05, 3.63) is 29.8 Å². The number of esters is 1. The molecule has 23 heavy (non-hydrogen) atoms. The Kier molecular flexibility index (Phi) is 6.46. The summed E-state index contributed by atoms with van der Waals surface area (Å²) in [6.07, 6.45) is 4.38. The van der Waals surface area contributed by atoms with E-state index in [9.17, 15) is 10.1 Å². The van der Waals surface area contributed by atoms with E-state index in [0.717, 1.165) is 30.6 Å². The molecule has 3 atom stereocenters. The van der Waals surface area contributed by atoms with Crippen molar-refractivity contribution in [3.8, 4) is 11.8 Å². The minimum atomic E-state index is -0.273. The largest absolute Gasteiger partial charge is 0.493 e. The highest BCUT2D eigenvalue weighted by molar-refractivity contribution is 5.77. The third-order valence-electron chi connectivity index (χ3n) is 4.56. The fraction of sp³-hybridized carbons (Fsp3) is 0.579. The number of carbonyl (C=O) groups excluding carboxylic acids is 1. The lowest BCUT2D eigenvalue weighted by Crippen LogP contribution is -2.24. The zero-order valence-corrected chi connectivity index (χ0v) is 14.0. The van der Waals surface area contributed by atoms with Gasteiger partial charge in [0.05, 0.1) is 31.1 Å². The molecule has 4 heteroatoms. The van der Waals surface area contributed by atoms with Crippen LogP contribution in [0.3, 0.4) is 0 Å². The second kappa shape index (κ2) is 8.57. The van der Waals surface area contributed by atoms with Crippen LogP contribution in [-0.2, 0) is 9.53 Å². The molecular weight excluding hydrogens is 290 g/mol. The van der Waals surface area contributed by atoms with Crippen molar-refractivity contribution in [3.63, 3.8) is 0 Å². The Hall–Kier alpha value is -2.02. The number of hydrogen-bond acceptors (Lipinski definition) is 4. The SMILES string of the molecule is CCOC(=O)C(C)c1ccc(OCC2CCCCC2C#N)cc1. The normalized spacial score (nSPS) is 22.0. The second-order valence-corrected chi connectivity index (χ2v) is 6.13. The van der Waals surface area contributed by atoms with E-state index < -0.39 is 0 Å². The van der Waals surface area contributed by atoms with E-state index in [1.807, 2.05) is 31.2 Å². The van der Waals surface area contributed by atoms with E-state index in [1.165, 1.54) is 6.42 Å². The van der Waals surface area contributed by atoms with Gasteiger partial charge in [-0.2, -0.15) is 5.26 Å². The Morgan fingerprint density at radius 1 is 1.30 bits per heavy atom. The maximum absolute atomic E-state index is 11.7. The van der Waals surface area contributed by atoms with Gasteiger partial charge < -0.3 is 9.47 Å². The Morgan fingerprint density at radius 2 is 2.00 bits per heavy atom. The maximum atomic E-state index is 11.7. The fourth-order valence-corrected chi connectivity index (χ4v) is 3.04. The molecule has 1 aliphatic rings. The van der Waals surface area contributed by atoms with Crippen LogP contribution in [0.5, 0.6) is 5.75 Å². The smallest absolute Gasteiger partial charge is 0.313 e. The van der Waals surface area contributed by atoms with E-state index in [4.69, 9.17) is 9.47 Å². The lowest BCUT2D eigenvalue weighted by molar-refractivity contribution is -0.144. The van der Waals surface area contributed by atoms with Gasteiger partial charge in [0.15, 0.2) is 0 Å². The van der Waals surface area contributed by atoms with Gasteiger partial charge in [0, 0.05) is 5.92 Å². The van der Waals surface area contributed by atoms with Gasteiger partial charge in [0.1, 0.15) is 5.75 Å². The summed E-state index contributed by atoms with van der Waals surface area (Å²) in [6.45, 7) is 4.63. The van der Waals surface area contributed by atoms with Crippen LogP contribution in [-0.4, -0.2) is 19.2 Å². The molecular formula is C19H25NO3. The van der Waals surface area contributed by atoms with Crippen molar-refractivity contribution in [1.82, 2.24) is 0 Å². The molecule has 0 spiro atoms. The maximum Gasteiger partial charge on any atom is 0.313 e. The van der Waals surface area contributed by atoms with Crippen molar-refractivity contribution in [2.45, 2.75) is 45.4 Å². The van der Waals surface area contributed by atoms with Crippen LogP contribution in [0.25, 0.3) is 0 Å². The van der Waals surface area contributed by atoms with E-state index in [2.05, 4.69) is 6.07 Å². The number of ether oxygens (including phenoxy) is 2. The second-order valence-electron chi connectivity index (χ2n) is 6.13. The molecule has 1 aromatic carbocycles. The minimum Gasteiger partial charge on any atom is -0.493 e. The van der Waals surface area contributed by atoms with E-state index in [-0.39, 0.29) is 17.8 Å². The highest BCUT2D eigenvalue weighted by atomic mass is 16.5. The first kappa shape index (κ1) is 17.3. The molecule has 0 aromatic heterocycles. The van der Waals surface area contributed by atoms with Crippen LogP contribution in [0.1, 0.15) is 51.0 Å². The summed E-state index contributed by atoms with van der Waals surface area (Å²) >= 11 is 0. The number of carbonyl (C=O) groups is 1. The van der Waals surface area contributed by atoms with Crippen LogP contribution in [0.4, 0.5) is 0 Å². The number of rotatable bonds is 6. The molecule has 4 nitrogen and oxygen atoms in total. The molecule has 0 amide bonds. The number of nitrogens with zero attached hydrogens (tertiary/aromatic N) is 1. The summed E-state index contributed by atoms with van der Waals surface area (Å²) < 4.78 is 10.9. The molecule has 1 saturated carbocycles. The summed E-state index contributed by atoms with van der Waals surface area (Å²) in [7, 11) is 0. The average molecular weight is 315 g/mol. The predicted octanol–water partition coefficient (Wildman–Crippen LogP) is 4.06. The Labute approximate surface area is 138 Å². The van der Waals surface area contributed by atoms with E-state index >= 15 is 0 Å². The molecule has 1 aromatic rings. The van der Waals surface area contributed by atoms with Crippen LogP contribution < -0.4 is 4.74 Å². The third kappa shape index (κ3) is 4.72. The first-order chi connectivity index (χ1) is 11.2. The van der Waals surface area contributed by atoms with Gasteiger partial charge in [-0.05, 0) is 44.4 Å². The van der Waals surface area contributed by atoms with E-state index in [0.29, 0.717) is 19.1 Å². The fourth-order valence-electron chi connectivity index (χ4n) is 3.04. The first-order valence-corrected chi connectivity index (χ1v) is 8.44. The highest BCUT2D eigenvalue weighted by Crippen LogP contribution is 2.30. The lowest BCUT2D eigenvalue weighted by Gasteiger charge is -2.26. The van der Waals surface area contributed by atoms with Gasteiger partial charge in [-0.1, -0.05) is 25.0 Å². The van der Waals surface area contributed by atoms with Crippen LogP contribution >= 0.6 is 0 Å². The number of benzene rings is 1. The first-order valence-electron chi connectivity index (χ1n) is 8.44. The monoisotopic (exact) mass is 315 g/mol. The number of nitriles is 1. The summed E-state index contributed by atoms with van der Waals surface area (Å²) in [6, 6.07) is 9.98. The van der Waals surface area contributed by atoms with Crippen molar-refractivity contribution < 1.29 is 14.3 Å². The molecule has 0 N–H and O–H groups in total. The summed E-state index contributed by atoms with van der Waals surface area (Å²) in [5.41, 5.74) is 0.920. The molecule has 0 aliphatic heterocycles. The van der Waals surface area contributed by atoms with Crippen molar-refractivity contribution in [1.29, 1.82) is 5.26 Å². The Bertz CT molecular complexity index is 547. The molecule has 0 radical (unpaired) electrons. The van der Waals surface area contributed by atoms with Gasteiger partial charge in [0.25, 0.3) is 0 Å². The van der Waals surface area contributed by atoms with Gasteiger partial charge in [-0.3, -0.25) is 4.79 Å². The zero-order valence-electron chi connectivity index (χ0n) is 14.0. The lowest BCUT2D eigenvalue weighted by atomic mass is 9.81. The van der Waals surface area contributed by atoms with Crippen LogP contribution in [0.2, 0.25) is 0 Å². The molecule has 1 aliphatic carbocycles. The standard InChI is InChI=1S/C19H25NO3/c1-3-22-19(21)14(2)15-8-10-18(11-9-15)23-13-17-7-5-4-6-16(17)12-20/h8-11,14,16-17H,3-7,13H2,1-2H3. The molecule has 2 rings (SSSR count). The van der Waals surface area contributed by atoms with Gasteiger partial charge in [0.2, 0.25) is 0 Å². The highest BCUT2D eigenvalue weighted by Gasteiger charge is 2.25. The number of hydrogen-bond donors (Lipinski definition) is 0. The molecule has 1 fully saturated rings. The Morgan fingerprint density at radius 3 is 2.65 bits per heavy atom.